The van der Waals surface area contributed by atoms with Crippen molar-refractivity contribution in [2.24, 2.45) is 0 Å². The van der Waals surface area contributed by atoms with Crippen molar-refractivity contribution in [2.75, 3.05) is 13.1 Å². The van der Waals surface area contributed by atoms with E-state index in [1.54, 1.807) is 12.4 Å². The van der Waals surface area contributed by atoms with Crippen molar-refractivity contribution in [3.63, 3.8) is 0 Å². The zero-order chi connectivity index (χ0) is 9.80. The molecular formula is C10H14BrClN2O. The number of nitrogens with zero attached hydrogens (tertiary/aromatic N) is 1. The average molecular weight is 294 g/mol. The SMILES string of the molecule is Brc1cncc(OC2CCNCC2)c1.Cl. The number of ether oxygens (including phenoxy) is 1. The Morgan fingerprint density at radius 3 is 2.73 bits per heavy atom. The van der Waals surface area contributed by atoms with Gasteiger partial charge in [-0.1, -0.05) is 0 Å². The Kier molecular flexibility index (Phi) is 5.36. The maximum atomic E-state index is 5.80. The number of piperidine rings is 1. The van der Waals surface area contributed by atoms with E-state index in [0.717, 1.165) is 36.2 Å². The lowest BCUT2D eigenvalue weighted by atomic mass is 10.1. The van der Waals surface area contributed by atoms with Crippen LogP contribution in [0.25, 0.3) is 0 Å². The molecule has 1 aliphatic heterocycles. The van der Waals surface area contributed by atoms with Crippen LogP contribution in [-0.2, 0) is 0 Å². The largest absolute Gasteiger partial charge is 0.489 e. The topological polar surface area (TPSA) is 34.1 Å². The predicted molar refractivity (Wildman–Crippen MR) is 65.7 cm³/mol. The first-order valence-corrected chi connectivity index (χ1v) is 5.62. The van der Waals surface area contributed by atoms with Crippen LogP contribution in [0, 0.1) is 0 Å². The van der Waals surface area contributed by atoms with Crippen LogP contribution in [0.2, 0.25) is 0 Å². The molecule has 0 bridgehead atoms. The van der Waals surface area contributed by atoms with E-state index in [9.17, 15) is 0 Å². The van der Waals surface area contributed by atoms with Crippen LogP contribution in [0.4, 0.5) is 0 Å². The smallest absolute Gasteiger partial charge is 0.139 e. The molecule has 3 nitrogen and oxygen atoms in total. The standard InChI is InChI=1S/C10H13BrN2O.ClH/c11-8-5-10(7-13-6-8)14-9-1-3-12-4-2-9;/h5-7,9,12H,1-4H2;1H. The summed E-state index contributed by atoms with van der Waals surface area (Å²) in [5.74, 6) is 0.853. The van der Waals surface area contributed by atoms with Gasteiger partial charge in [0.15, 0.2) is 0 Å². The second kappa shape index (κ2) is 6.30. The highest BCUT2D eigenvalue weighted by Gasteiger charge is 2.14. The molecule has 0 amide bonds. The zero-order valence-corrected chi connectivity index (χ0v) is 10.7. The van der Waals surface area contributed by atoms with E-state index >= 15 is 0 Å². The monoisotopic (exact) mass is 292 g/mol. The molecule has 1 aromatic rings. The van der Waals surface area contributed by atoms with Crippen molar-refractivity contribution in [1.29, 1.82) is 0 Å². The van der Waals surface area contributed by atoms with Gasteiger partial charge in [-0.2, -0.15) is 0 Å². The van der Waals surface area contributed by atoms with Crippen LogP contribution in [0.3, 0.4) is 0 Å². The third-order valence-electron chi connectivity index (χ3n) is 2.27. The van der Waals surface area contributed by atoms with E-state index in [1.165, 1.54) is 0 Å². The van der Waals surface area contributed by atoms with Crippen molar-refractivity contribution in [3.05, 3.63) is 22.9 Å². The minimum absolute atomic E-state index is 0. The van der Waals surface area contributed by atoms with Gasteiger partial charge in [-0.25, -0.2) is 0 Å². The molecular weight excluding hydrogens is 279 g/mol. The van der Waals surface area contributed by atoms with Gasteiger partial charge in [0.25, 0.3) is 0 Å². The minimum Gasteiger partial charge on any atom is -0.489 e. The average Bonchev–Trinajstić information content (AvgIpc) is 2.19. The van der Waals surface area contributed by atoms with Crippen LogP contribution < -0.4 is 10.1 Å². The lowest BCUT2D eigenvalue weighted by molar-refractivity contribution is 0.162. The van der Waals surface area contributed by atoms with Gasteiger partial charge in [0, 0.05) is 10.7 Å². The van der Waals surface area contributed by atoms with E-state index in [1.807, 2.05) is 6.07 Å². The summed E-state index contributed by atoms with van der Waals surface area (Å²) in [6.45, 7) is 2.10. The van der Waals surface area contributed by atoms with Gasteiger partial charge in [-0.3, -0.25) is 4.98 Å². The molecule has 84 valence electrons. The van der Waals surface area contributed by atoms with Gasteiger partial charge in [0.2, 0.25) is 0 Å². The van der Waals surface area contributed by atoms with E-state index in [2.05, 4.69) is 26.2 Å². The van der Waals surface area contributed by atoms with Gasteiger partial charge in [0.1, 0.15) is 11.9 Å². The van der Waals surface area contributed by atoms with Gasteiger partial charge >= 0.3 is 0 Å². The molecule has 5 heteroatoms. The molecule has 2 rings (SSSR count). The fourth-order valence-electron chi connectivity index (χ4n) is 1.56. The van der Waals surface area contributed by atoms with Gasteiger partial charge < -0.3 is 10.1 Å². The quantitative estimate of drug-likeness (QED) is 0.909. The number of nitrogens with one attached hydrogen (secondary N) is 1. The molecule has 1 aromatic heterocycles. The highest BCUT2D eigenvalue weighted by atomic mass is 79.9. The van der Waals surface area contributed by atoms with E-state index < -0.39 is 0 Å². The first-order valence-electron chi connectivity index (χ1n) is 4.82. The second-order valence-corrected chi connectivity index (χ2v) is 4.32. The Balaban J connectivity index is 0.00000112. The normalized spacial score (nSPS) is 16.9. The van der Waals surface area contributed by atoms with E-state index in [0.29, 0.717) is 6.10 Å². The summed E-state index contributed by atoms with van der Waals surface area (Å²) < 4.78 is 6.77. The number of rotatable bonds is 2. The summed E-state index contributed by atoms with van der Waals surface area (Å²) in [5, 5.41) is 3.31. The molecule has 0 spiro atoms. The molecule has 1 N–H and O–H groups in total. The third kappa shape index (κ3) is 3.97. The highest BCUT2D eigenvalue weighted by Crippen LogP contribution is 2.19. The van der Waals surface area contributed by atoms with Crippen LogP contribution in [-0.4, -0.2) is 24.2 Å². The first-order chi connectivity index (χ1) is 6.84. The number of hydrogen-bond acceptors (Lipinski definition) is 3. The van der Waals surface area contributed by atoms with Crippen LogP contribution in [0.15, 0.2) is 22.9 Å². The third-order valence-corrected chi connectivity index (χ3v) is 2.70. The first kappa shape index (κ1) is 12.7. The molecule has 0 aliphatic carbocycles. The Labute approximate surface area is 104 Å². The second-order valence-electron chi connectivity index (χ2n) is 3.41. The molecule has 0 atom stereocenters. The van der Waals surface area contributed by atoms with Crippen molar-refractivity contribution < 1.29 is 4.74 Å². The molecule has 0 aromatic carbocycles. The summed E-state index contributed by atoms with van der Waals surface area (Å²) in [5.41, 5.74) is 0. The molecule has 0 radical (unpaired) electrons. The lowest BCUT2D eigenvalue weighted by Gasteiger charge is -2.23. The number of pyridine rings is 1. The Hall–Kier alpha value is -0.320. The predicted octanol–water partition coefficient (Wildman–Crippen LogP) is 2.40. The zero-order valence-electron chi connectivity index (χ0n) is 8.28. The van der Waals surface area contributed by atoms with Crippen LogP contribution in [0.5, 0.6) is 5.75 Å². The number of halogens is 2. The summed E-state index contributed by atoms with van der Waals surface area (Å²) >= 11 is 3.37. The van der Waals surface area contributed by atoms with Crippen molar-refractivity contribution in [1.82, 2.24) is 10.3 Å². The molecule has 1 saturated heterocycles. The molecule has 15 heavy (non-hydrogen) atoms. The fourth-order valence-corrected chi connectivity index (χ4v) is 1.91. The van der Waals surface area contributed by atoms with Crippen LogP contribution >= 0.6 is 28.3 Å². The van der Waals surface area contributed by atoms with E-state index in [-0.39, 0.29) is 12.4 Å². The molecule has 0 saturated carbocycles. The summed E-state index contributed by atoms with van der Waals surface area (Å²) in [7, 11) is 0. The van der Waals surface area contributed by atoms with Gasteiger partial charge in [0.05, 0.1) is 6.20 Å². The molecule has 1 fully saturated rings. The van der Waals surface area contributed by atoms with Crippen molar-refractivity contribution in [3.8, 4) is 5.75 Å². The Bertz CT molecular complexity index is 305. The van der Waals surface area contributed by atoms with E-state index in [4.69, 9.17) is 4.74 Å². The van der Waals surface area contributed by atoms with Crippen LogP contribution in [0.1, 0.15) is 12.8 Å². The maximum absolute atomic E-state index is 5.80. The summed E-state index contributed by atoms with van der Waals surface area (Å²) in [6, 6.07) is 1.95. The minimum atomic E-state index is 0. The summed E-state index contributed by atoms with van der Waals surface area (Å²) in [6.07, 6.45) is 6.01. The molecule has 0 unspecified atom stereocenters. The maximum Gasteiger partial charge on any atom is 0.139 e. The van der Waals surface area contributed by atoms with Crippen molar-refractivity contribution >= 4 is 28.3 Å². The van der Waals surface area contributed by atoms with Gasteiger partial charge in [-0.15, -0.1) is 12.4 Å². The molecule has 2 heterocycles. The number of aromatic nitrogens is 1. The lowest BCUT2D eigenvalue weighted by Crippen LogP contribution is -2.34. The number of hydrogen-bond donors (Lipinski definition) is 1. The Morgan fingerprint density at radius 2 is 2.07 bits per heavy atom. The van der Waals surface area contributed by atoms with Gasteiger partial charge in [-0.05, 0) is 47.9 Å². The summed E-state index contributed by atoms with van der Waals surface area (Å²) in [4.78, 5) is 4.06. The fraction of sp³-hybridized carbons (Fsp3) is 0.500. The molecule has 1 aliphatic rings. The highest BCUT2D eigenvalue weighted by molar-refractivity contribution is 9.10. The Morgan fingerprint density at radius 1 is 1.33 bits per heavy atom. The van der Waals surface area contributed by atoms with Crippen molar-refractivity contribution in [2.45, 2.75) is 18.9 Å².